The minimum absolute atomic E-state index is 0.127. The predicted molar refractivity (Wildman–Crippen MR) is 48.1 cm³/mol. The van der Waals surface area contributed by atoms with Crippen LogP contribution in [0.1, 0.15) is 13.8 Å². The second-order valence-corrected chi connectivity index (χ2v) is 3.33. The molecule has 13 heavy (non-hydrogen) atoms. The summed E-state index contributed by atoms with van der Waals surface area (Å²) >= 11 is 0. The zero-order chi connectivity index (χ0) is 10.0. The summed E-state index contributed by atoms with van der Waals surface area (Å²) in [5.74, 6) is -0.135. The minimum atomic E-state index is -0.218. The monoisotopic (exact) mass is 183 g/mol. The Bertz CT molecular complexity index is 271. The van der Waals surface area contributed by atoms with Crippen LogP contribution in [-0.2, 0) is 9.59 Å². The smallest absolute Gasteiger partial charge is 0.251 e. The average Bonchev–Trinajstić information content (AvgIpc) is 2.30. The van der Waals surface area contributed by atoms with E-state index in [-0.39, 0.29) is 24.3 Å². The summed E-state index contributed by atoms with van der Waals surface area (Å²) in [5, 5.41) is 2.51. The highest BCUT2D eigenvalue weighted by atomic mass is 16.2. The van der Waals surface area contributed by atoms with Gasteiger partial charge in [0, 0.05) is 13.0 Å². The van der Waals surface area contributed by atoms with Gasteiger partial charge in [-0.2, -0.15) is 4.99 Å². The second-order valence-electron chi connectivity index (χ2n) is 3.33. The van der Waals surface area contributed by atoms with Gasteiger partial charge in [0.2, 0.25) is 11.9 Å². The molecule has 0 atom stereocenters. The van der Waals surface area contributed by atoms with E-state index in [1.54, 1.807) is 25.8 Å². The Morgan fingerprint density at radius 3 is 2.62 bits per heavy atom. The van der Waals surface area contributed by atoms with E-state index in [2.05, 4.69) is 10.3 Å². The number of carbonyl (C=O) groups excluding carboxylic acids is 2. The van der Waals surface area contributed by atoms with Crippen molar-refractivity contribution in [2.24, 2.45) is 10.9 Å². The molecule has 1 heterocycles. The molecule has 1 saturated heterocycles. The maximum atomic E-state index is 11.2. The van der Waals surface area contributed by atoms with E-state index in [1.807, 2.05) is 0 Å². The van der Waals surface area contributed by atoms with E-state index in [0.29, 0.717) is 5.96 Å². The fourth-order valence-electron chi connectivity index (χ4n) is 0.897. The molecule has 0 unspecified atom stereocenters. The Balaban J connectivity index is 2.72. The topological polar surface area (TPSA) is 61.8 Å². The van der Waals surface area contributed by atoms with Crippen molar-refractivity contribution in [3.63, 3.8) is 0 Å². The summed E-state index contributed by atoms with van der Waals surface area (Å²) in [7, 11) is 1.71. The van der Waals surface area contributed by atoms with Gasteiger partial charge in [-0.3, -0.25) is 14.9 Å². The summed E-state index contributed by atoms with van der Waals surface area (Å²) < 4.78 is 0. The van der Waals surface area contributed by atoms with Crippen molar-refractivity contribution in [3.8, 4) is 0 Å². The van der Waals surface area contributed by atoms with Gasteiger partial charge in [-0.05, 0) is 0 Å². The second kappa shape index (κ2) is 3.55. The van der Waals surface area contributed by atoms with Gasteiger partial charge in [0.05, 0.1) is 6.54 Å². The lowest BCUT2D eigenvalue weighted by molar-refractivity contribution is -0.120. The molecule has 0 spiro atoms. The molecule has 2 amide bonds. The van der Waals surface area contributed by atoms with Crippen LogP contribution in [0.5, 0.6) is 0 Å². The molecule has 1 N–H and O–H groups in total. The number of nitrogens with one attached hydrogen (secondary N) is 1. The molecule has 0 bridgehead atoms. The number of aliphatic imine (C=N–C) groups is 1. The van der Waals surface area contributed by atoms with Gasteiger partial charge in [0.15, 0.2) is 0 Å². The first-order chi connectivity index (χ1) is 6.00. The van der Waals surface area contributed by atoms with Crippen LogP contribution in [0, 0.1) is 5.92 Å². The van der Waals surface area contributed by atoms with Gasteiger partial charge in [-0.15, -0.1) is 0 Å². The molecule has 1 aliphatic rings. The summed E-state index contributed by atoms with van der Waals surface area (Å²) in [5.41, 5.74) is 0. The first-order valence-corrected chi connectivity index (χ1v) is 4.14. The Kier molecular flexibility index (Phi) is 2.65. The van der Waals surface area contributed by atoms with Crippen molar-refractivity contribution >= 4 is 17.8 Å². The minimum Gasteiger partial charge on any atom is -0.336 e. The average molecular weight is 183 g/mol. The zero-order valence-electron chi connectivity index (χ0n) is 8.00. The summed E-state index contributed by atoms with van der Waals surface area (Å²) in [4.78, 5) is 27.4. The Morgan fingerprint density at radius 2 is 2.23 bits per heavy atom. The summed E-state index contributed by atoms with van der Waals surface area (Å²) in [6.07, 6.45) is 0. The largest absolute Gasteiger partial charge is 0.336 e. The van der Waals surface area contributed by atoms with Crippen LogP contribution in [0.15, 0.2) is 4.99 Å². The van der Waals surface area contributed by atoms with Crippen LogP contribution in [0.2, 0.25) is 0 Å². The molecule has 0 aromatic rings. The molecule has 1 rings (SSSR count). The van der Waals surface area contributed by atoms with Crippen molar-refractivity contribution in [3.05, 3.63) is 0 Å². The molecule has 1 aliphatic heterocycles. The quantitative estimate of drug-likeness (QED) is 0.601. The third kappa shape index (κ3) is 2.27. The molecule has 72 valence electrons. The summed E-state index contributed by atoms with van der Waals surface area (Å²) in [6, 6.07) is 0. The Morgan fingerprint density at radius 1 is 1.62 bits per heavy atom. The molecule has 0 aromatic heterocycles. The van der Waals surface area contributed by atoms with Gasteiger partial charge < -0.3 is 4.90 Å². The standard InChI is InChI=1S/C8H13N3O2/c1-5(2)7(13)10-8-9-6(12)4-11(8)3/h5H,4H2,1-3H3,(H,9,10,12,13). The highest BCUT2D eigenvalue weighted by molar-refractivity contribution is 6.07. The van der Waals surface area contributed by atoms with Gasteiger partial charge >= 0.3 is 0 Å². The molecule has 1 fully saturated rings. The molecule has 5 nitrogen and oxygen atoms in total. The number of carbonyl (C=O) groups is 2. The van der Waals surface area contributed by atoms with Crippen molar-refractivity contribution in [1.29, 1.82) is 0 Å². The first kappa shape index (κ1) is 9.70. The van der Waals surface area contributed by atoms with E-state index >= 15 is 0 Å². The van der Waals surface area contributed by atoms with Crippen LogP contribution < -0.4 is 5.32 Å². The molecule has 0 aliphatic carbocycles. The van der Waals surface area contributed by atoms with E-state index in [4.69, 9.17) is 0 Å². The van der Waals surface area contributed by atoms with Crippen molar-refractivity contribution in [1.82, 2.24) is 10.2 Å². The van der Waals surface area contributed by atoms with Crippen LogP contribution in [-0.4, -0.2) is 36.3 Å². The SMILES string of the molecule is CC(C)C(=O)N=C1NC(=O)CN1C. The normalized spacial score (nSPS) is 19.8. The Hall–Kier alpha value is -1.39. The molecular formula is C8H13N3O2. The number of hydrogen-bond acceptors (Lipinski definition) is 2. The maximum Gasteiger partial charge on any atom is 0.251 e. The van der Waals surface area contributed by atoms with E-state index in [0.717, 1.165) is 0 Å². The van der Waals surface area contributed by atoms with Crippen LogP contribution in [0.25, 0.3) is 0 Å². The van der Waals surface area contributed by atoms with Gasteiger partial charge in [0.25, 0.3) is 5.91 Å². The lowest BCUT2D eigenvalue weighted by Crippen LogP contribution is -2.28. The number of nitrogens with zero attached hydrogens (tertiary/aromatic N) is 2. The Labute approximate surface area is 76.8 Å². The maximum absolute atomic E-state index is 11.2. The molecule has 0 saturated carbocycles. The van der Waals surface area contributed by atoms with Crippen LogP contribution >= 0.6 is 0 Å². The van der Waals surface area contributed by atoms with Crippen LogP contribution in [0.4, 0.5) is 0 Å². The van der Waals surface area contributed by atoms with Crippen molar-refractivity contribution in [2.75, 3.05) is 13.6 Å². The van der Waals surface area contributed by atoms with Gasteiger partial charge in [-0.1, -0.05) is 13.8 Å². The lowest BCUT2D eigenvalue weighted by atomic mass is 10.2. The molecule has 0 radical (unpaired) electrons. The van der Waals surface area contributed by atoms with Gasteiger partial charge in [0.1, 0.15) is 0 Å². The fraction of sp³-hybridized carbons (Fsp3) is 0.625. The summed E-state index contributed by atoms with van der Waals surface area (Å²) in [6.45, 7) is 3.80. The van der Waals surface area contributed by atoms with Gasteiger partial charge in [-0.25, -0.2) is 0 Å². The predicted octanol–water partition coefficient (Wildman–Crippen LogP) is -0.413. The van der Waals surface area contributed by atoms with E-state index < -0.39 is 0 Å². The molecular weight excluding hydrogens is 170 g/mol. The first-order valence-electron chi connectivity index (χ1n) is 4.14. The zero-order valence-corrected chi connectivity index (χ0v) is 8.00. The highest BCUT2D eigenvalue weighted by Gasteiger charge is 2.22. The number of guanidine groups is 1. The highest BCUT2D eigenvalue weighted by Crippen LogP contribution is 1.99. The lowest BCUT2D eigenvalue weighted by Gasteiger charge is -2.08. The molecule has 5 heteroatoms. The van der Waals surface area contributed by atoms with Crippen molar-refractivity contribution < 1.29 is 9.59 Å². The van der Waals surface area contributed by atoms with E-state index in [1.165, 1.54) is 0 Å². The third-order valence-corrected chi connectivity index (χ3v) is 1.70. The number of likely N-dealkylation sites (N-methyl/N-ethyl adjacent to an activating group) is 1. The number of hydrogen-bond donors (Lipinski definition) is 1. The fourth-order valence-corrected chi connectivity index (χ4v) is 0.897. The number of amides is 2. The molecule has 0 aromatic carbocycles. The number of rotatable bonds is 1. The van der Waals surface area contributed by atoms with Crippen LogP contribution in [0.3, 0.4) is 0 Å². The van der Waals surface area contributed by atoms with Crippen molar-refractivity contribution in [2.45, 2.75) is 13.8 Å². The van der Waals surface area contributed by atoms with E-state index in [9.17, 15) is 9.59 Å². The third-order valence-electron chi connectivity index (χ3n) is 1.70.